The van der Waals surface area contributed by atoms with Crippen LogP contribution in [0.2, 0.25) is 5.02 Å². The van der Waals surface area contributed by atoms with Gasteiger partial charge in [0.25, 0.3) is 0 Å². The van der Waals surface area contributed by atoms with E-state index in [1.54, 1.807) is 11.0 Å². The van der Waals surface area contributed by atoms with Crippen LogP contribution in [-0.2, 0) is 9.59 Å². The predicted molar refractivity (Wildman–Crippen MR) is 104 cm³/mol. The molecule has 1 fully saturated rings. The van der Waals surface area contributed by atoms with Gasteiger partial charge in [-0.25, -0.2) is 0 Å². The summed E-state index contributed by atoms with van der Waals surface area (Å²) in [7, 11) is 0. The maximum atomic E-state index is 12.4. The van der Waals surface area contributed by atoms with Crippen LogP contribution in [0.15, 0.2) is 54.6 Å². The lowest BCUT2D eigenvalue weighted by Gasteiger charge is -2.31. The van der Waals surface area contributed by atoms with Gasteiger partial charge in [0.15, 0.2) is 0 Å². The molecule has 1 saturated heterocycles. The van der Waals surface area contributed by atoms with E-state index >= 15 is 0 Å². The number of hydrogen-bond acceptors (Lipinski definition) is 3. The number of piperidine rings is 1. The molecule has 26 heavy (non-hydrogen) atoms. The second-order valence-electron chi connectivity index (χ2n) is 6.34. The molecular weight excluding hydrogens is 350 g/mol. The molecule has 2 aromatic carbocycles. The van der Waals surface area contributed by atoms with Gasteiger partial charge in [-0.3, -0.25) is 9.59 Å². The number of carbonyl (C=O) groups excluding carboxylic acids is 2. The highest BCUT2D eigenvalue weighted by Crippen LogP contribution is 2.22. The summed E-state index contributed by atoms with van der Waals surface area (Å²) in [6, 6.07) is 16.8. The van der Waals surface area contributed by atoms with E-state index in [1.165, 1.54) is 0 Å². The Labute approximate surface area is 158 Å². The summed E-state index contributed by atoms with van der Waals surface area (Å²) in [6.07, 6.45) is 1.35. The largest absolute Gasteiger partial charge is 0.375 e. The van der Waals surface area contributed by atoms with Gasteiger partial charge in [0, 0.05) is 24.7 Å². The first-order chi connectivity index (χ1) is 12.6. The molecule has 5 nitrogen and oxygen atoms in total. The second-order valence-corrected chi connectivity index (χ2v) is 6.75. The number of carbonyl (C=O) groups is 2. The number of likely N-dealkylation sites (tertiary alicyclic amines) is 1. The normalized spacial score (nSPS) is 14.7. The lowest BCUT2D eigenvalue weighted by Crippen LogP contribution is -2.43. The van der Waals surface area contributed by atoms with Gasteiger partial charge in [-0.05, 0) is 37.1 Å². The molecule has 0 atom stereocenters. The van der Waals surface area contributed by atoms with Gasteiger partial charge in [-0.2, -0.15) is 0 Å². The van der Waals surface area contributed by atoms with Gasteiger partial charge < -0.3 is 15.5 Å². The van der Waals surface area contributed by atoms with E-state index in [4.69, 9.17) is 11.6 Å². The Morgan fingerprint density at radius 3 is 2.35 bits per heavy atom. The number of amides is 2. The van der Waals surface area contributed by atoms with Crippen LogP contribution in [-0.4, -0.2) is 36.3 Å². The van der Waals surface area contributed by atoms with Gasteiger partial charge in [0.1, 0.15) is 0 Å². The van der Waals surface area contributed by atoms with Crippen LogP contribution in [0, 0.1) is 5.92 Å². The molecule has 0 aromatic heterocycles. The summed E-state index contributed by atoms with van der Waals surface area (Å²) in [5, 5.41) is 6.61. The maximum absolute atomic E-state index is 12.4. The van der Waals surface area contributed by atoms with Crippen molar-refractivity contribution in [1.29, 1.82) is 0 Å². The number of nitrogens with one attached hydrogen (secondary N) is 2. The highest BCUT2D eigenvalue weighted by Gasteiger charge is 2.27. The van der Waals surface area contributed by atoms with Crippen molar-refractivity contribution in [2.75, 3.05) is 30.3 Å². The van der Waals surface area contributed by atoms with Crippen molar-refractivity contribution in [3.8, 4) is 0 Å². The Bertz CT molecular complexity index is 759. The van der Waals surface area contributed by atoms with Crippen LogP contribution in [0.3, 0.4) is 0 Å². The van der Waals surface area contributed by atoms with Gasteiger partial charge in [-0.1, -0.05) is 41.9 Å². The number of benzene rings is 2. The molecule has 1 aliphatic rings. The van der Waals surface area contributed by atoms with Crippen LogP contribution >= 0.6 is 11.6 Å². The molecule has 3 rings (SSSR count). The summed E-state index contributed by atoms with van der Waals surface area (Å²) in [5.41, 5.74) is 1.56. The fourth-order valence-electron chi connectivity index (χ4n) is 3.04. The van der Waals surface area contributed by atoms with Crippen molar-refractivity contribution in [2.45, 2.75) is 12.8 Å². The van der Waals surface area contributed by atoms with Crippen molar-refractivity contribution < 1.29 is 9.59 Å². The van der Waals surface area contributed by atoms with Crippen molar-refractivity contribution in [3.63, 3.8) is 0 Å². The molecule has 136 valence electrons. The Morgan fingerprint density at radius 1 is 1.00 bits per heavy atom. The third kappa shape index (κ3) is 4.76. The van der Waals surface area contributed by atoms with Gasteiger partial charge in [0.05, 0.1) is 17.3 Å². The number of nitrogens with zero attached hydrogens (tertiary/aromatic N) is 1. The van der Waals surface area contributed by atoms with E-state index in [-0.39, 0.29) is 24.3 Å². The van der Waals surface area contributed by atoms with Crippen molar-refractivity contribution in [3.05, 3.63) is 59.6 Å². The van der Waals surface area contributed by atoms with Gasteiger partial charge in [0.2, 0.25) is 11.8 Å². The minimum absolute atomic E-state index is 0.0202. The van der Waals surface area contributed by atoms with E-state index in [0.29, 0.717) is 31.0 Å². The topological polar surface area (TPSA) is 61.4 Å². The van der Waals surface area contributed by atoms with E-state index in [1.807, 2.05) is 48.5 Å². The second kappa shape index (κ2) is 8.72. The average molecular weight is 372 g/mol. The molecule has 2 aromatic rings. The Morgan fingerprint density at radius 2 is 1.65 bits per heavy atom. The average Bonchev–Trinajstić information content (AvgIpc) is 2.68. The fraction of sp³-hybridized carbons (Fsp3) is 0.300. The fourth-order valence-corrected chi connectivity index (χ4v) is 3.25. The third-order valence-corrected chi connectivity index (χ3v) is 4.89. The van der Waals surface area contributed by atoms with E-state index in [9.17, 15) is 9.59 Å². The summed E-state index contributed by atoms with van der Waals surface area (Å²) >= 11 is 6.08. The Kier molecular flexibility index (Phi) is 6.12. The monoisotopic (exact) mass is 371 g/mol. The Balaban J connectivity index is 1.45. The van der Waals surface area contributed by atoms with E-state index in [0.717, 1.165) is 11.4 Å². The summed E-state index contributed by atoms with van der Waals surface area (Å²) in [6.45, 7) is 1.39. The molecule has 1 aliphatic heterocycles. The van der Waals surface area contributed by atoms with E-state index in [2.05, 4.69) is 10.6 Å². The van der Waals surface area contributed by atoms with Crippen molar-refractivity contribution in [1.82, 2.24) is 4.90 Å². The first-order valence-electron chi connectivity index (χ1n) is 8.75. The van der Waals surface area contributed by atoms with Crippen molar-refractivity contribution in [2.24, 2.45) is 5.92 Å². The zero-order chi connectivity index (χ0) is 18.4. The smallest absolute Gasteiger partial charge is 0.241 e. The third-order valence-electron chi connectivity index (χ3n) is 4.56. The quantitative estimate of drug-likeness (QED) is 0.843. The molecular formula is C20H22ClN3O2. The molecule has 0 aliphatic carbocycles. The molecule has 0 unspecified atom stereocenters. The highest BCUT2D eigenvalue weighted by atomic mass is 35.5. The molecule has 2 N–H and O–H groups in total. The molecule has 0 bridgehead atoms. The lowest BCUT2D eigenvalue weighted by molar-refractivity contribution is -0.132. The standard InChI is InChI=1S/C20H22ClN3O2/c21-17-8-4-5-9-18(17)22-14-19(25)24-12-10-15(11-13-24)20(26)23-16-6-2-1-3-7-16/h1-9,15,22H,10-14H2,(H,23,26). The van der Waals surface area contributed by atoms with Crippen molar-refractivity contribution >= 4 is 34.8 Å². The summed E-state index contributed by atoms with van der Waals surface area (Å²) in [4.78, 5) is 26.5. The molecule has 0 radical (unpaired) electrons. The van der Waals surface area contributed by atoms with Gasteiger partial charge in [-0.15, -0.1) is 0 Å². The Hall–Kier alpha value is -2.53. The molecule has 1 heterocycles. The van der Waals surface area contributed by atoms with Crippen LogP contribution in [0.1, 0.15) is 12.8 Å². The molecule has 0 saturated carbocycles. The van der Waals surface area contributed by atoms with Crippen LogP contribution in [0.5, 0.6) is 0 Å². The van der Waals surface area contributed by atoms with Crippen LogP contribution in [0.4, 0.5) is 11.4 Å². The van der Waals surface area contributed by atoms with Crippen LogP contribution < -0.4 is 10.6 Å². The minimum Gasteiger partial charge on any atom is -0.375 e. The number of halogens is 1. The number of rotatable bonds is 5. The SMILES string of the molecule is O=C(Nc1ccccc1)C1CCN(C(=O)CNc2ccccc2Cl)CC1. The first-order valence-corrected chi connectivity index (χ1v) is 9.13. The van der Waals surface area contributed by atoms with Crippen LogP contribution in [0.25, 0.3) is 0 Å². The minimum atomic E-state index is -0.0595. The number of hydrogen-bond donors (Lipinski definition) is 2. The molecule has 2 amide bonds. The summed E-state index contributed by atoms with van der Waals surface area (Å²) in [5.74, 6) is -0.0138. The summed E-state index contributed by atoms with van der Waals surface area (Å²) < 4.78 is 0. The predicted octanol–water partition coefficient (Wildman–Crippen LogP) is 3.63. The lowest BCUT2D eigenvalue weighted by atomic mass is 9.95. The van der Waals surface area contributed by atoms with E-state index < -0.39 is 0 Å². The zero-order valence-electron chi connectivity index (χ0n) is 14.5. The van der Waals surface area contributed by atoms with Gasteiger partial charge >= 0.3 is 0 Å². The maximum Gasteiger partial charge on any atom is 0.241 e. The first kappa shape index (κ1) is 18.3. The zero-order valence-corrected chi connectivity index (χ0v) is 15.2. The molecule has 0 spiro atoms. The number of para-hydroxylation sites is 2. The number of anilines is 2. The molecule has 6 heteroatoms. The highest BCUT2D eigenvalue weighted by molar-refractivity contribution is 6.33.